The normalized spacial score (nSPS) is 11.8. The van der Waals surface area contributed by atoms with Crippen LogP contribution in [0.2, 0.25) is 0 Å². The molecule has 1 aromatic heterocycles. The van der Waals surface area contributed by atoms with Crippen molar-refractivity contribution in [1.82, 2.24) is 10.2 Å². The number of esters is 1. The topological polar surface area (TPSA) is 84.1 Å². The van der Waals surface area contributed by atoms with Crippen molar-refractivity contribution in [2.45, 2.75) is 33.6 Å². The Balaban J connectivity index is 2.14. The molecule has 6 nitrogen and oxygen atoms in total. The first-order valence-electron chi connectivity index (χ1n) is 7.53. The summed E-state index contributed by atoms with van der Waals surface area (Å²) in [5.41, 5.74) is 3.55. The van der Waals surface area contributed by atoms with Crippen molar-refractivity contribution < 1.29 is 14.3 Å². The number of hydrogen-bond donors (Lipinski definition) is 2. The molecule has 122 valence electrons. The second-order valence-corrected chi connectivity index (χ2v) is 5.36. The first kappa shape index (κ1) is 16.7. The minimum absolute atomic E-state index is 0.154. The number of nitrogens with one attached hydrogen (secondary N) is 2. The molecule has 1 aromatic carbocycles. The van der Waals surface area contributed by atoms with Gasteiger partial charge in [-0.25, -0.2) is 4.79 Å². The number of H-pyrrole nitrogens is 1. The summed E-state index contributed by atoms with van der Waals surface area (Å²) in [6, 6.07) is 6.71. The minimum atomic E-state index is -0.404. The number of aryl methyl sites for hydroxylation is 2. The Morgan fingerprint density at radius 2 is 2.09 bits per heavy atom. The molecule has 1 heterocycles. The van der Waals surface area contributed by atoms with Gasteiger partial charge < -0.3 is 10.1 Å². The fourth-order valence-corrected chi connectivity index (χ4v) is 2.52. The molecule has 0 saturated carbocycles. The lowest BCUT2D eigenvalue weighted by Gasteiger charge is -2.13. The Morgan fingerprint density at radius 1 is 1.35 bits per heavy atom. The van der Waals surface area contributed by atoms with E-state index in [4.69, 9.17) is 4.74 Å². The van der Waals surface area contributed by atoms with Crippen LogP contribution < -0.4 is 5.32 Å². The summed E-state index contributed by atoms with van der Waals surface area (Å²) in [6.07, 6.45) is 0. The summed E-state index contributed by atoms with van der Waals surface area (Å²) >= 11 is 0. The van der Waals surface area contributed by atoms with E-state index in [9.17, 15) is 9.59 Å². The number of nitrogens with zero attached hydrogens (tertiary/aromatic N) is 1. The lowest BCUT2D eigenvalue weighted by molar-refractivity contribution is -0.117. The Hall–Kier alpha value is -2.63. The number of carbonyl (C=O) groups is 2. The SMILES string of the molecule is CCOC(=O)c1cccc(NC(=O)C(C)c2c(C)n[nH]c2C)c1. The predicted octanol–water partition coefficient (Wildman–Crippen LogP) is 2.95. The molecule has 0 radical (unpaired) electrons. The van der Waals surface area contributed by atoms with E-state index < -0.39 is 5.97 Å². The van der Waals surface area contributed by atoms with Crippen molar-refractivity contribution in [3.63, 3.8) is 0 Å². The maximum absolute atomic E-state index is 12.5. The summed E-state index contributed by atoms with van der Waals surface area (Å²) in [5.74, 6) is -0.906. The molecule has 1 unspecified atom stereocenters. The molecular weight excluding hydrogens is 294 g/mol. The smallest absolute Gasteiger partial charge is 0.338 e. The monoisotopic (exact) mass is 315 g/mol. The van der Waals surface area contributed by atoms with Crippen LogP contribution in [0.15, 0.2) is 24.3 Å². The van der Waals surface area contributed by atoms with E-state index in [0.717, 1.165) is 17.0 Å². The molecule has 2 rings (SSSR count). The van der Waals surface area contributed by atoms with Crippen molar-refractivity contribution in [3.8, 4) is 0 Å². The van der Waals surface area contributed by atoms with Crippen LogP contribution in [0, 0.1) is 13.8 Å². The molecule has 2 N–H and O–H groups in total. The zero-order valence-corrected chi connectivity index (χ0v) is 13.8. The van der Waals surface area contributed by atoms with E-state index in [1.165, 1.54) is 0 Å². The lowest BCUT2D eigenvalue weighted by Crippen LogP contribution is -2.20. The number of aromatic amines is 1. The van der Waals surface area contributed by atoms with Gasteiger partial charge in [-0.15, -0.1) is 0 Å². The third-order valence-corrected chi connectivity index (χ3v) is 3.65. The molecule has 0 aliphatic carbocycles. The van der Waals surface area contributed by atoms with Gasteiger partial charge >= 0.3 is 5.97 Å². The Labute approximate surface area is 135 Å². The largest absolute Gasteiger partial charge is 0.462 e. The highest BCUT2D eigenvalue weighted by Crippen LogP contribution is 2.23. The van der Waals surface area contributed by atoms with Gasteiger partial charge in [0, 0.05) is 16.9 Å². The van der Waals surface area contributed by atoms with Gasteiger partial charge in [0.2, 0.25) is 5.91 Å². The van der Waals surface area contributed by atoms with Crippen molar-refractivity contribution >= 4 is 17.6 Å². The van der Waals surface area contributed by atoms with Crippen LogP contribution in [0.4, 0.5) is 5.69 Å². The Morgan fingerprint density at radius 3 is 2.70 bits per heavy atom. The average Bonchev–Trinajstić information content (AvgIpc) is 2.86. The number of aromatic nitrogens is 2. The highest BCUT2D eigenvalue weighted by molar-refractivity contribution is 5.97. The molecule has 1 atom stereocenters. The van der Waals surface area contributed by atoms with Crippen molar-refractivity contribution in [3.05, 3.63) is 46.8 Å². The number of anilines is 1. The van der Waals surface area contributed by atoms with Crippen LogP contribution in [0.3, 0.4) is 0 Å². The molecule has 0 bridgehead atoms. The molecule has 0 aliphatic heterocycles. The molecule has 0 aliphatic rings. The van der Waals surface area contributed by atoms with Gasteiger partial charge in [0.25, 0.3) is 0 Å². The number of carbonyl (C=O) groups excluding carboxylic acids is 2. The van der Waals surface area contributed by atoms with Gasteiger partial charge in [-0.2, -0.15) is 5.10 Å². The fraction of sp³-hybridized carbons (Fsp3) is 0.353. The highest BCUT2D eigenvalue weighted by atomic mass is 16.5. The molecule has 0 fully saturated rings. The quantitative estimate of drug-likeness (QED) is 0.831. The van der Waals surface area contributed by atoms with Gasteiger partial charge in [0.15, 0.2) is 0 Å². The van der Waals surface area contributed by atoms with Gasteiger partial charge in [-0.3, -0.25) is 9.89 Å². The summed E-state index contributed by atoms with van der Waals surface area (Å²) < 4.78 is 4.96. The first-order chi connectivity index (χ1) is 10.9. The standard InChI is InChI=1S/C17H21N3O3/c1-5-23-17(22)13-7-6-8-14(9-13)18-16(21)10(2)15-11(3)19-20-12(15)4/h6-10H,5H2,1-4H3,(H,18,21)(H,19,20). The van der Waals surface area contributed by atoms with Gasteiger partial charge in [-0.05, 0) is 45.9 Å². The Kier molecular flexibility index (Phi) is 5.16. The Bertz CT molecular complexity index is 702. The third kappa shape index (κ3) is 3.77. The van der Waals surface area contributed by atoms with E-state index >= 15 is 0 Å². The fourth-order valence-electron chi connectivity index (χ4n) is 2.52. The van der Waals surface area contributed by atoms with Crippen molar-refractivity contribution in [2.75, 3.05) is 11.9 Å². The van der Waals surface area contributed by atoms with E-state index in [2.05, 4.69) is 15.5 Å². The zero-order valence-electron chi connectivity index (χ0n) is 13.8. The number of hydrogen-bond acceptors (Lipinski definition) is 4. The van der Waals surface area contributed by atoms with Gasteiger partial charge in [-0.1, -0.05) is 6.07 Å². The molecule has 6 heteroatoms. The van der Waals surface area contributed by atoms with E-state index in [-0.39, 0.29) is 11.8 Å². The third-order valence-electron chi connectivity index (χ3n) is 3.65. The van der Waals surface area contributed by atoms with Crippen molar-refractivity contribution in [2.24, 2.45) is 0 Å². The van der Waals surface area contributed by atoms with Crippen LogP contribution in [0.25, 0.3) is 0 Å². The van der Waals surface area contributed by atoms with Crippen molar-refractivity contribution in [1.29, 1.82) is 0 Å². The molecular formula is C17H21N3O3. The van der Waals surface area contributed by atoms with Crippen LogP contribution in [-0.2, 0) is 9.53 Å². The van der Waals surface area contributed by atoms with E-state index in [0.29, 0.717) is 17.9 Å². The summed E-state index contributed by atoms with van der Waals surface area (Å²) in [6.45, 7) is 7.64. The summed E-state index contributed by atoms with van der Waals surface area (Å²) in [7, 11) is 0. The predicted molar refractivity (Wildman–Crippen MR) is 87.5 cm³/mol. The lowest BCUT2D eigenvalue weighted by atomic mass is 9.98. The molecule has 0 spiro atoms. The summed E-state index contributed by atoms with van der Waals surface area (Å²) in [4.78, 5) is 24.2. The number of rotatable bonds is 5. The van der Waals surface area contributed by atoms with E-state index in [1.54, 1.807) is 31.2 Å². The van der Waals surface area contributed by atoms with Gasteiger partial charge in [0.1, 0.15) is 0 Å². The molecule has 0 saturated heterocycles. The number of ether oxygens (including phenoxy) is 1. The first-order valence-corrected chi connectivity index (χ1v) is 7.53. The summed E-state index contributed by atoms with van der Waals surface area (Å²) in [5, 5.41) is 9.84. The maximum atomic E-state index is 12.5. The zero-order chi connectivity index (χ0) is 17.0. The average molecular weight is 315 g/mol. The second-order valence-electron chi connectivity index (χ2n) is 5.36. The van der Waals surface area contributed by atoms with Crippen LogP contribution in [0.1, 0.15) is 47.1 Å². The van der Waals surface area contributed by atoms with Crippen LogP contribution in [0.5, 0.6) is 0 Å². The van der Waals surface area contributed by atoms with Gasteiger partial charge in [0.05, 0.1) is 23.8 Å². The molecule has 2 aromatic rings. The van der Waals surface area contributed by atoms with Crippen LogP contribution >= 0.6 is 0 Å². The maximum Gasteiger partial charge on any atom is 0.338 e. The minimum Gasteiger partial charge on any atom is -0.462 e. The molecule has 23 heavy (non-hydrogen) atoms. The second kappa shape index (κ2) is 7.09. The number of amides is 1. The number of benzene rings is 1. The highest BCUT2D eigenvalue weighted by Gasteiger charge is 2.21. The molecule has 1 amide bonds. The van der Waals surface area contributed by atoms with E-state index in [1.807, 2.05) is 20.8 Å². The van der Waals surface area contributed by atoms with Crippen LogP contribution in [-0.4, -0.2) is 28.7 Å².